The van der Waals surface area contributed by atoms with Gasteiger partial charge in [0.1, 0.15) is 0 Å². The quantitative estimate of drug-likeness (QED) is 0.631. The van der Waals surface area contributed by atoms with Gasteiger partial charge in [-0.15, -0.1) is 11.8 Å². The zero-order valence-electron chi connectivity index (χ0n) is 16.0. The number of nitrogens with one attached hydrogen (secondary N) is 2. The molecule has 0 unspecified atom stereocenters. The molecule has 0 spiro atoms. The Bertz CT molecular complexity index is 736. The van der Waals surface area contributed by atoms with Crippen LogP contribution in [0.4, 0.5) is 18.9 Å². The lowest BCUT2D eigenvalue weighted by molar-refractivity contribution is -0.137. The lowest BCUT2D eigenvalue weighted by atomic mass is 9.98. The lowest BCUT2D eigenvalue weighted by Crippen LogP contribution is -2.35. The van der Waals surface area contributed by atoms with Crippen LogP contribution in [0.15, 0.2) is 23.1 Å². The minimum atomic E-state index is -4.47. The van der Waals surface area contributed by atoms with Crippen molar-refractivity contribution in [1.82, 2.24) is 5.32 Å². The number of alkyl halides is 3. The van der Waals surface area contributed by atoms with E-state index in [1.165, 1.54) is 25.3 Å². The standard InChI is InChI=1S/C20H25F3N2O3S/c21-20(22,23)13-7-8-16-15(11-13)25-19(27)17(29-16)12-18(26)24-9-4-10-28-14-5-2-1-3-6-14/h7-8,11,14,17H,1-6,9-10,12H2,(H,24,26)(H,25,27)/t17-/m0/s1. The second-order valence-electron chi connectivity index (χ2n) is 7.34. The van der Waals surface area contributed by atoms with Crippen LogP contribution >= 0.6 is 11.8 Å². The molecule has 1 aromatic carbocycles. The molecule has 160 valence electrons. The molecule has 2 aliphatic rings. The third kappa shape index (κ3) is 6.37. The minimum Gasteiger partial charge on any atom is -0.378 e. The maximum absolute atomic E-state index is 12.8. The maximum Gasteiger partial charge on any atom is 0.416 e. The molecule has 1 aromatic rings. The predicted octanol–water partition coefficient (Wildman–Crippen LogP) is 4.36. The van der Waals surface area contributed by atoms with Gasteiger partial charge in [0.15, 0.2) is 0 Å². The predicted molar refractivity (Wildman–Crippen MR) is 105 cm³/mol. The van der Waals surface area contributed by atoms with E-state index in [0.29, 0.717) is 30.6 Å². The topological polar surface area (TPSA) is 67.4 Å². The van der Waals surface area contributed by atoms with E-state index in [1.807, 2.05) is 0 Å². The van der Waals surface area contributed by atoms with Gasteiger partial charge in [-0.3, -0.25) is 9.59 Å². The summed E-state index contributed by atoms with van der Waals surface area (Å²) >= 11 is 1.11. The molecular formula is C20H25F3N2O3S. The average molecular weight is 430 g/mol. The van der Waals surface area contributed by atoms with E-state index in [9.17, 15) is 22.8 Å². The molecule has 0 aromatic heterocycles. The molecule has 0 radical (unpaired) electrons. The monoisotopic (exact) mass is 430 g/mol. The Morgan fingerprint density at radius 3 is 2.72 bits per heavy atom. The Kier molecular flexibility index (Phi) is 7.45. The molecule has 1 aliphatic heterocycles. The summed E-state index contributed by atoms with van der Waals surface area (Å²) in [5.74, 6) is -0.719. The van der Waals surface area contributed by atoms with Crippen LogP contribution in [0.5, 0.6) is 0 Å². The number of halogens is 3. The lowest BCUT2D eigenvalue weighted by Gasteiger charge is -2.24. The highest BCUT2D eigenvalue weighted by atomic mass is 32.2. The average Bonchev–Trinajstić information content (AvgIpc) is 2.68. The van der Waals surface area contributed by atoms with Gasteiger partial charge in [-0.2, -0.15) is 13.2 Å². The van der Waals surface area contributed by atoms with Gasteiger partial charge in [0.2, 0.25) is 11.8 Å². The zero-order chi connectivity index (χ0) is 20.9. The minimum absolute atomic E-state index is 0.0273. The Morgan fingerprint density at radius 2 is 2.00 bits per heavy atom. The molecule has 5 nitrogen and oxygen atoms in total. The number of amides is 2. The van der Waals surface area contributed by atoms with Gasteiger partial charge >= 0.3 is 6.18 Å². The number of fused-ring (bicyclic) bond motifs is 1. The van der Waals surface area contributed by atoms with Crippen molar-refractivity contribution >= 4 is 29.3 Å². The molecule has 0 saturated heterocycles. The number of anilines is 1. The van der Waals surface area contributed by atoms with Crippen LogP contribution in [0.2, 0.25) is 0 Å². The molecule has 2 N–H and O–H groups in total. The molecule has 29 heavy (non-hydrogen) atoms. The van der Waals surface area contributed by atoms with Gasteiger partial charge in [0.25, 0.3) is 0 Å². The third-order valence-electron chi connectivity index (χ3n) is 5.05. The van der Waals surface area contributed by atoms with E-state index < -0.39 is 22.9 Å². The smallest absolute Gasteiger partial charge is 0.378 e. The first-order chi connectivity index (χ1) is 13.8. The molecule has 9 heteroatoms. The van der Waals surface area contributed by atoms with Crippen LogP contribution in [0.25, 0.3) is 0 Å². The Morgan fingerprint density at radius 1 is 1.24 bits per heavy atom. The first-order valence-corrected chi connectivity index (χ1v) is 10.8. The fourth-order valence-corrected chi connectivity index (χ4v) is 4.57. The first-order valence-electron chi connectivity index (χ1n) is 9.90. The molecule has 1 aliphatic carbocycles. The second-order valence-corrected chi connectivity index (χ2v) is 8.59. The summed E-state index contributed by atoms with van der Waals surface area (Å²) in [6.07, 6.45) is 2.44. The van der Waals surface area contributed by atoms with Crippen molar-refractivity contribution in [3.05, 3.63) is 23.8 Å². The molecule has 1 saturated carbocycles. The van der Waals surface area contributed by atoms with Gasteiger partial charge in [-0.05, 0) is 37.5 Å². The highest BCUT2D eigenvalue weighted by Gasteiger charge is 2.34. The van der Waals surface area contributed by atoms with Crippen molar-refractivity contribution in [2.75, 3.05) is 18.5 Å². The number of carbonyl (C=O) groups excluding carboxylic acids is 2. The Labute approximate surface area is 172 Å². The van der Waals surface area contributed by atoms with Crippen LogP contribution < -0.4 is 10.6 Å². The van der Waals surface area contributed by atoms with Crippen LogP contribution in [-0.2, 0) is 20.5 Å². The van der Waals surface area contributed by atoms with Crippen molar-refractivity contribution < 1.29 is 27.5 Å². The van der Waals surface area contributed by atoms with Crippen LogP contribution in [0.1, 0.15) is 50.5 Å². The SMILES string of the molecule is O=C(C[C@@H]1Sc2ccc(C(F)(F)F)cc2NC1=O)NCCCOC1CCCCC1. The maximum atomic E-state index is 12.8. The van der Waals surface area contributed by atoms with Crippen molar-refractivity contribution in [3.63, 3.8) is 0 Å². The van der Waals surface area contributed by atoms with Crippen molar-refractivity contribution in [3.8, 4) is 0 Å². The number of ether oxygens (including phenoxy) is 1. The molecule has 3 rings (SSSR count). The number of hydrogen-bond acceptors (Lipinski definition) is 4. The van der Waals surface area contributed by atoms with Crippen LogP contribution in [0, 0.1) is 0 Å². The molecule has 1 fully saturated rings. The summed E-state index contributed by atoms with van der Waals surface area (Å²) in [6.45, 7) is 1.06. The first kappa shape index (κ1) is 22.0. The Hall–Kier alpha value is -1.74. The van der Waals surface area contributed by atoms with Gasteiger partial charge in [-0.25, -0.2) is 0 Å². The van der Waals surface area contributed by atoms with Gasteiger partial charge in [0.05, 0.1) is 22.6 Å². The van der Waals surface area contributed by atoms with E-state index in [2.05, 4.69) is 10.6 Å². The molecule has 2 amide bonds. The number of benzene rings is 1. The number of carbonyl (C=O) groups is 2. The van der Waals surface area contributed by atoms with Crippen molar-refractivity contribution in [2.24, 2.45) is 0 Å². The number of hydrogen-bond donors (Lipinski definition) is 2. The Balaban J connectivity index is 1.41. The summed E-state index contributed by atoms with van der Waals surface area (Å²) in [4.78, 5) is 24.8. The third-order valence-corrected chi connectivity index (χ3v) is 6.32. The van der Waals surface area contributed by atoms with Gasteiger partial charge in [-0.1, -0.05) is 19.3 Å². The molecule has 1 atom stereocenters. The zero-order valence-corrected chi connectivity index (χ0v) is 16.8. The largest absolute Gasteiger partial charge is 0.416 e. The summed E-state index contributed by atoms with van der Waals surface area (Å²) in [5, 5.41) is 4.59. The normalized spacial score (nSPS) is 20.1. The van der Waals surface area contributed by atoms with Crippen molar-refractivity contribution in [2.45, 2.75) is 67.4 Å². The van der Waals surface area contributed by atoms with E-state index in [4.69, 9.17) is 4.74 Å². The highest BCUT2D eigenvalue weighted by Crippen LogP contribution is 2.40. The van der Waals surface area contributed by atoms with E-state index in [1.54, 1.807) is 0 Å². The number of rotatable bonds is 7. The highest BCUT2D eigenvalue weighted by molar-refractivity contribution is 8.01. The fraction of sp³-hybridized carbons (Fsp3) is 0.600. The van der Waals surface area contributed by atoms with Crippen LogP contribution in [0.3, 0.4) is 0 Å². The second kappa shape index (κ2) is 9.84. The van der Waals surface area contributed by atoms with Gasteiger partial charge < -0.3 is 15.4 Å². The van der Waals surface area contributed by atoms with Crippen molar-refractivity contribution in [1.29, 1.82) is 0 Å². The van der Waals surface area contributed by atoms with Gasteiger partial charge in [0, 0.05) is 24.5 Å². The summed E-state index contributed by atoms with van der Waals surface area (Å²) in [7, 11) is 0. The van der Waals surface area contributed by atoms with E-state index in [0.717, 1.165) is 36.7 Å². The summed E-state index contributed by atoms with van der Waals surface area (Å²) in [5.41, 5.74) is -0.685. The van der Waals surface area contributed by atoms with Crippen LogP contribution in [-0.4, -0.2) is 36.3 Å². The number of thioether (sulfide) groups is 1. The van der Waals surface area contributed by atoms with E-state index >= 15 is 0 Å². The van der Waals surface area contributed by atoms with E-state index in [-0.39, 0.29) is 18.0 Å². The molecule has 0 bridgehead atoms. The molecule has 1 heterocycles. The summed E-state index contributed by atoms with van der Waals surface area (Å²) in [6, 6.07) is 3.23. The molecular weight excluding hydrogens is 405 g/mol. The summed E-state index contributed by atoms with van der Waals surface area (Å²) < 4.78 is 44.2. The fourth-order valence-electron chi connectivity index (χ4n) is 3.48.